The Kier molecular flexibility index (Phi) is 4.06. The van der Waals surface area contributed by atoms with E-state index in [2.05, 4.69) is 5.32 Å². The highest BCUT2D eigenvalue weighted by atomic mass is 32.2. The maximum absolute atomic E-state index is 11.7. The molecule has 2 rings (SSSR count). The van der Waals surface area contributed by atoms with Gasteiger partial charge in [-0.2, -0.15) is 0 Å². The van der Waals surface area contributed by atoms with Crippen LogP contribution in [0, 0.1) is 0 Å². The predicted octanol–water partition coefficient (Wildman–Crippen LogP) is 3.53. The molecule has 5 heteroatoms. The lowest BCUT2D eigenvalue weighted by Gasteiger charge is -2.23. The molecule has 0 saturated carbocycles. The van der Waals surface area contributed by atoms with Gasteiger partial charge in [0.25, 0.3) is 0 Å². The van der Waals surface area contributed by atoms with Crippen molar-refractivity contribution in [1.82, 2.24) is 0 Å². The number of rotatable bonds is 1. The monoisotopic (exact) mass is 280 g/mol. The number of hydrogen-bond acceptors (Lipinski definition) is 4. The first kappa shape index (κ1) is 14.2. The van der Waals surface area contributed by atoms with Crippen molar-refractivity contribution >= 4 is 23.5 Å². The van der Waals surface area contributed by atoms with Crippen LogP contribution in [0.2, 0.25) is 0 Å². The standard InChI is InChI=1S/C14H20N2O2S/c1-14(2,3)18-13(17)16-9-4-5-12-10(8-9)11(15)6-7-19-12/h4-5,8,11H,6-7,15H2,1-3H3,(H,16,17). The number of anilines is 1. The smallest absolute Gasteiger partial charge is 0.412 e. The molecule has 0 fully saturated rings. The van der Waals surface area contributed by atoms with Gasteiger partial charge in [-0.15, -0.1) is 11.8 Å². The van der Waals surface area contributed by atoms with Crippen LogP contribution < -0.4 is 11.1 Å². The molecule has 1 heterocycles. The molecule has 1 unspecified atom stereocenters. The molecule has 1 aromatic carbocycles. The SMILES string of the molecule is CC(C)(C)OC(=O)Nc1ccc2c(c1)C(N)CCS2. The summed E-state index contributed by atoms with van der Waals surface area (Å²) in [7, 11) is 0. The Bertz CT molecular complexity index is 483. The van der Waals surface area contributed by atoms with Crippen LogP contribution in [0.3, 0.4) is 0 Å². The molecule has 4 nitrogen and oxygen atoms in total. The second-order valence-corrected chi connectivity index (χ2v) is 6.76. The molecule has 104 valence electrons. The summed E-state index contributed by atoms with van der Waals surface area (Å²) in [6.07, 6.45) is 0.526. The van der Waals surface area contributed by atoms with E-state index in [1.165, 1.54) is 4.90 Å². The van der Waals surface area contributed by atoms with Crippen molar-refractivity contribution in [2.24, 2.45) is 5.73 Å². The Labute approximate surface area is 118 Å². The average molecular weight is 280 g/mol. The lowest BCUT2D eigenvalue weighted by Crippen LogP contribution is -2.27. The lowest BCUT2D eigenvalue weighted by molar-refractivity contribution is 0.0636. The topological polar surface area (TPSA) is 64.3 Å². The highest BCUT2D eigenvalue weighted by molar-refractivity contribution is 7.99. The molecule has 1 amide bonds. The largest absolute Gasteiger partial charge is 0.444 e. The fraction of sp³-hybridized carbons (Fsp3) is 0.500. The summed E-state index contributed by atoms with van der Waals surface area (Å²) < 4.78 is 5.23. The van der Waals surface area contributed by atoms with Crippen LogP contribution in [-0.4, -0.2) is 17.4 Å². The van der Waals surface area contributed by atoms with Crippen molar-refractivity contribution in [3.8, 4) is 0 Å². The number of amides is 1. The number of nitrogens with one attached hydrogen (secondary N) is 1. The maximum atomic E-state index is 11.7. The molecule has 0 radical (unpaired) electrons. The van der Waals surface area contributed by atoms with E-state index in [-0.39, 0.29) is 6.04 Å². The maximum Gasteiger partial charge on any atom is 0.412 e. The summed E-state index contributed by atoms with van der Waals surface area (Å²) in [4.78, 5) is 12.9. The van der Waals surface area contributed by atoms with Gasteiger partial charge in [-0.1, -0.05) is 0 Å². The summed E-state index contributed by atoms with van der Waals surface area (Å²) in [5.74, 6) is 1.05. The molecule has 1 aromatic rings. The Morgan fingerprint density at radius 3 is 2.89 bits per heavy atom. The van der Waals surface area contributed by atoms with E-state index in [1.54, 1.807) is 11.8 Å². The van der Waals surface area contributed by atoms with E-state index in [0.717, 1.165) is 23.4 Å². The third kappa shape index (κ3) is 3.88. The van der Waals surface area contributed by atoms with Crippen molar-refractivity contribution in [2.45, 2.75) is 43.7 Å². The van der Waals surface area contributed by atoms with Crippen LogP contribution in [0.1, 0.15) is 38.8 Å². The van der Waals surface area contributed by atoms with Gasteiger partial charge in [-0.05, 0) is 56.7 Å². The molecule has 19 heavy (non-hydrogen) atoms. The van der Waals surface area contributed by atoms with Crippen LogP contribution >= 0.6 is 11.8 Å². The van der Waals surface area contributed by atoms with E-state index < -0.39 is 11.7 Å². The number of benzene rings is 1. The molecular formula is C14H20N2O2S. The highest BCUT2D eigenvalue weighted by Gasteiger charge is 2.19. The number of carbonyl (C=O) groups excluding carboxylic acids is 1. The molecule has 1 aliphatic rings. The molecule has 0 aliphatic carbocycles. The van der Waals surface area contributed by atoms with Gasteiger partial charge in [0.2, 0.25) is 0 Å². The number of fused-ring (bicyclic) bond motifs is 1. The number of thioether (sulfide) groups is 1. The Morgan fingerprint density at radius 1 is 1.47 bits per heavy atom. The first-order chi connectivity index (χ1) is 8.85. The summed E-state index contributed by atoms with van der Waals surface area (Å²) in [6.45, 7) is 5.52. The van der Waals surface area contributed by atoms with Gasteiger partial charge in [0.1, 0.15) is 5.60 Å². The van der Waals surface area contributed by atoms with Crippen molar-refractivity contribution in [3.63, 3.8) is 0 Å². The van der Waals surface area contributed by atoms with Gasteiger partial charge in [0.05, 0.1) is 0 Å². The zero-order valence-corrected chi connectivity index (χ0v) is 12.3. The lowest BCUT2D eigenvalue weighted by atomic mass is 10.0. The first-order valence-electron chi connectivity index (χ1n) is 6.37. The zero-order chi connectivity index (χ0) is 14.0. The Balaban J connectivity index is 2.10. The summed E-state index contributed by atoms with van der Waals surface area (Å²) in [6, 6.07) is 5.88. The highest BCUT2D eigenvalue weighted by Crippen LogP contribution is 2.36. The summed E-state index contributed by atoms with van der Waals surface area (Å²) >= 11 is 1.81. The number of hydrogen-bond donors (Lipinski definition) is 2. The second kappa shape index (κ2) is 5.43. The van der Waals surface area contributed by atoms with Gasteiger partial charge < -0.3 is 10.5 Å². The minimum atomic E-state index is -0.495. The van der Waals surface area contributed by atoms with Crippen molar-refractivity contribution in [2.75, 3.05) is 11.1 Å². The molecular weight excluding hydrogens is 260 g/mol. The quantitative estimate of drug-likeness (QED) is 0.826. The van der Waals surface area contributed by atoms with Crippen LogP contribution in [-0.2, 0) is 4.74 Å². The fourth-order valence-corrected chi connectivity index (χ4v) is 3.05. The minimum Gasteiger partial charge on any atom is -0.444 e. The third-order valence-corrected chi connectivity index (χ3v) is 3.86. The van der Waals surface area contributed by atoms with Gasteiger partial charge in [0.15, 0.2) is 0 Å². The molecule has 0 bridgehead atoms. The van der Waals surface area contributed by atoms with Crippen LogP contribution in [0.25, 0.3) is 0 Å². The van der Waals surface area contributed by atoms with E-state index >= 15 is 0 Å². The van der Waals surface area contributed by atoms with Gasteiger partial charge in [0, 0.05) is 16.6 Å². The first-order valence-corrected chi connectivity index (χ1v) is 7.36. The van der Waals surface area contributed by atoms with Crippen molar-refractivity contribution in [1.29, 1.82) is 0 Å². The second-order valence-electron chi connectivity index (χ2n) is 5.62. The van der Waals surface area contributed by atoms with Crippen LogP contribution in [0.15, 0.2) is 23.1 Å². The Morgan fingerprint density at radius 2 is 2.21 bits per heavy atom. The van der Waals surface area contributed by atoms with Crippen LogP contribution in [0.5, 0.6) is 0 Å². The van der Waals surface area contributed by atoms with E-state index in [4.69, 9.17) is 10.5 Å². The summed E-state index contributed by atoms with van der Waals surface area (Å²) in [5.41, 5.74) is 7.42. The number of nitrogens with two attached hydrogens (primary N) is 1. The minimum absolute atomic E-state index is 0.0524. The normalized spacial score (nSPS) is 18.6. The van der Waals surface area contributed by atoms with E-state index in [0.29, 0.717) is 0 Å². The third-order valence-electron chi connectivity index (χ3n) is 2.74. The number of carbonyl (C=O) groups is 1. The molecule has 3 N–H and O–H groups in total. The van der Waals surface area contributed by atoms with E-state index in [9.17, 15) is 4.79 Å². The zero-order valence-electron chi connectivity index (χ0n) is 11.5. The van der Waals surface area contributed by atoms with Gasteiger partial charge in [-0.3, -0.25) is 5.32 Å². The van der Waals surface area contributed by atoms with Gasteiger partial charge in [-0.25, -0.2) is 4.79 Å². The fourth-order valence-electron chi connectivity index (χ4n) is 1.92. The van der Waals surface area contributed by atoms with Crippen molar-refractivity contribution in [3.05, 3.63) is 23.8 Å². The molecule has 0 aromatic heterocycles. The predicted molar refractivity (Wildman–Crippen MR) is 78.6 cm³/mol. The average Bonchev–Trinajstić information content (AvgIpc) is 2.27. The molecule has 1 atom stereocenters. The van der Waals surface area contributed by atoms with E-state index in [1.807, 2.05) is 39.0 Å². The summed E-state index contributed by atoms with van der Waals surface area (Å²) in [5, 5.41) is 2.74. The number of ether oxygens (including phenoxy) is 1. The molecule has 0 spiro atoms. The molecule has 0 saturated heterocycles. The van der Waals surface area contributed by atoms with Crippen molar-refractivity contribution < 1.29 is 9.53 Å². The van der Waals surface area contributed by atoms with Gasteiger partial charge >= 0.3 is 6.09 Å². The molecule has 1 aliphatic heterocycles. The van der Waals surface area contributed by atoms with Crippen LogP contribution in [0.4, 0.5) is 10.5 Å². The Hall–Kier alpha value is -1.20.